The molecule has 1 saturated heterocycles. The molecule has 2 atom stereocenters. The minimum Gasteiger partial charge on any atom is -0.378 e. The molecular weight excluding hydrogens is 360 g/mol. The van der Waals surface area contributed by atoms with Crippen LogP contribution < -0.4 is 5.32 Å². The number of likely N-dealkylation sites (tertiary alicyclic amines) is 1. The van der Waals surface area contributed by atoms with E-state index in [2.05, 4.69) is 10.2 Å². The van der Waals surface area contributed by atoms with E-state index in [4.69, 9.17) is 4.74 Å². The van der Waals surface area contributed by atoms with E-state index in [-0.39, 0.29) is 6.10 Å². The fraction of sp³-hybridized carbons (Fsp3) is 0.429. The molecule has 6 heteroatoms. The summed E-state index contributed by atoms with van der Waals surface area (Å²) in [5.74, 6) is 0. The van der Waals surface area contributed by atoms with Crippen molar-refractivity contribution in [2.75, 3.05) is 26.2 Å². The number of rotatable bonds is 6. The molecule has 144 valence electrons. The first-order chi connectivity index (χ1) is 13.0. The van der Waals surface area contributed by atoms with Gasteiger partial charge in [0.15, 0.2) is 0 Å². The molecule has 3 aliphatic rings. The second kappa shape index (κ2) is 7.26. The highest BCUT2D eigenvalue weighted by atomic mass is 32.2. The molecule has 0 bridgehead atoms. The van der Waals surface area contributed by atoms with Gasteiger partial charge in [0.05, 0.1) is 21.9 Å². The molecule has 5 nitrogen and oxygen atoms in total. The Morgan fingerprint density at radius 3 is 2.70 bits per heavy atom. The van der Waals surface area contributed by atoms with Crippen molar-refractivity contribution in [2.45, 2.75) is 36.3 Å². The van der Waals surface area contributed by atoms with Crippen molar-refractivity contribution in [1.29, 1.82) is 0 Å². The molecule has 1 aromatic rings. The topological polar surface area (TPSA) is 58.6 Å². The molecular formula is C21H26N2O3S. The van der Waals surface area contributed by atoms with Crippen molar-refractivity contribution < 1.29 is 13.2 Å². The average Bonchev–Trinajstić information content (AvgIpc) is 3.31. The molecule has 1 N–H and O–H groups in total. The number of nitrogens with zero attached hydrogens (tertiary/aromatic N) is 1. The van der Waals surface area contributed by atoms with Gasteiger partial charge in [0.1, 0.15) is 6.10 Å². The van der Waals surface area contributed by atoms with E-state index >= 15 is 0 Å². The second-order valence-electron chi connectivity index (χ2n) is 7.48. The van der Waals surface area contributed by atoms with Crippen molar-refractivity contribution in [2.24, 2.45) is 0 Å². The Morgan fingerprint density at radius 1 is 1.22 bits per heavy atom. The zero-order chi connectivity index (χ0) is 18.9. The van der Waals surface area contributed by atoms with Crippen LogP contribution in [0.25, 0.3) is 0 Å². The van der Waals surface area contributed by atoms with Crippen LogP contribution >= 0.6 is 0 Å². The van der Waals surface area contributed by atoms with Gasteiger partial charge >= 0.3 is 0 Å². The van der Waals surface area contributed by atoms with E-state index in [1.165, 1.54) is 12.8 Å². The van der Waals surface area contributed by atoms with Crippen LogP contribution in [0.3, 0.4) is 0 Å². The summed E-state index contributed by atoms with van der Waals surface area (Å²) in [6, 6.07) is 8.57. The maximum absolute atomic E-state index is 13.1. The second-order valence-corrected chi connectivity index (χ2v) is 9.40. The normalized spacial score (nSPS) is 27.8. The van der Waals surface area contributed by atoms with Gasteiger partial charge in [-0.15, -0.1) is 0 Å². The molecule has 1 aliphatic carbocycles. The zero-order valence-corrected chi connectivity index (χ0v) is 16.4. The Balaban J connectivity index is 1.50. The Bertz CT molecular complexity index is 883. The van der Waals surface area contributed by atoms with E-state index in [0.29, 0.717) is 16.4 Å². The quantitative estimate of drug-likeness (QED) is 0.815. The van der Waals surface area contributed by atoms with Crippen molar-refractivity contribution in [3.8, 4) is 0 Å². The summed E-state index contributed by atoms with van der Waals surface area (Å²) >= 11 is 0. The molecule has 0 aromatic heterocycles. The van der Waals surface area contributed by atoms with Crippen molar-refractivity contribution >= 4 is 9.84 Å². The lowest BCUT2D eigenvalue weighted by molar-refractivity contribution is 0.0308. The van der Waals surface area contributed by atoms with Gasteiger partial charge in [0.2, 0.25) is 9.84 Å². The van der Waals surface area contributed by atoms with Crippen LogP contribution in [-0.2, 0) is 14.6 Å². The van der Waals surface area contributed by atoms with Gasteiger partial charge in [0.25, 0.3) is 0 Å². The third-order valence-electron chi connectivity index (χ3n) is 5.69. The van der Waals surface area contributed by atoms with Crippen LogP contribution in [0.2, 0.25) is 0 Å². The summed E-state index contributed by atoms with van der Waals surface area (Å²) in [7, 11) is -3.57. The van der Waals surface area contributed by atoms with Crippen molar-refractivity contribution in [3.05, 3.63) is 65.2 Å². The summed E-state index contributed by atoms with van der Waals surface area (Å²) in [6.45, 7) is 5.85. The van der Waals surface area contributed by atoms with Gasteiger partial charge in [-0.05, 0) is 45.0 Å². The van der Waals surface area contributed by atoms with E-state index in [9.17, 15) is 8.42 Å². The molecule has 0 saturated carbocycles. The van der Waals surface area contributed by atoms with E-state index in [1.54, 1.807) is 30.5 Å². The Labute approximate surface area is 161 Å². The molecule has 0 radical (unpaired) electrons. The smallest absolute Gasteiger partial charge is 0.208 e. The minimum absolute atomic E-state index is 0.208. The fourth-order valence-electron chi connectivity index (χ4n) is 4.05. The van der Waals surface area contributed by atoms with Gasteiger partial charge in [-0.1, -0.05) is 36.4 Å². The number of nitrogens with one attached hydrogen (secondary N) is 1. The lowest BCUT2D eigenvalue weighted by Crippen LogP contribution is -2.50. The third-order valence-corrected chi connectivity index (χ3v) is 7.50. The highest BCUT2D eigenvalue weighted by Gasteiger charge is 2.46. The van der Waals surface area contributed by atoms with Crippen LogP contribution in [0, 0.1) is 0 Å². The molecule has 2 heterocycles. The van der Waals surface area contributed by atoms with Crippen LogP contribution in [0.4, 0.5) is 0 Å². The van der Waals surface area contributed by atoms with Gasteiger partial charge in [-0.2, -0.15) is 0 Å². The number of ether oxygens (including phenoxy) is 1. The van der Waals surface area contributed by atoms with Gasteiger partial charge in [-0.25, -0.2) is 8.42 Å². The first-order valence-corrected chi connectivity index (χ1v) is 11.0. The molecule has 4 rings (SSSR count). The Hall–Kier alpha value is -1.89. The SMILES string of the molecule is CC12NC=C(S(=O)(=O)c3ccccc3)C1=CC=CC2OCCN1CCCC1. The summed E-state index contributed by atoms with van der Waals surface area (Å²) < 4.78 is 32.4. The van der Waals surface area contributed by atoms with Gasteiger partial charge < -0.3 is 15.0 Å². The summed E-state index contributed by atoms with van der Waals surface area (Å²) in [4.78, 5) is 3.05. The standard InChI is InChI=1S/C21H26N2O3S/c1-21-18(10-7-11-20(21)26-15-14-23-12-5-6-13-23)19(16-22-21)27(24,25)17-8-3-2-4-9-17/h2-4,7-11,16,20,22H,5-6,12-15H2,1H3. The number of sulfone groups is 1. The maximum Gasteiger partial charge on any atom is 0.208 e. The fourth-order valence-corrected chi connectivity index (χ4v) is 5.60. The first kappa shape index (κ1) is 18.5. The highest BCUT2D eigenvalue weighted by molar-refractivity contribution is 7.95. The third kappa shape index (κ3) is 3.37. The summed E-state index contributed by atoms with van der Waals surface area (Å²) in [5.41, 5.74) is 0.191. The number of fused-ring (bicyclic) bond motifs is 1. The van der Waals surface area contributed by atoms with Gasteiger partial charge in [0, 0.05) is 18.3 Å². The number of benzene rings is 1. The predicted octanol–water partition coefficient (Wildman–Crippen LogP) is 2.64. The Morgan fingerprint density at radius 2 is 1.96 bits per heavy atom. The van der Waals surface area contributed by atoms with Crippen LogP contribution in [-0.4, -0.2) is 51.2 Å². The number of allylic oxidation sites excluding steroid dienone is 2. The zero-order valence-electron chi connectivity index (χ0n) is 15.6. The van der Waals surface area contributed by atoms with E-state index in [0.717, 1.165) is 25.2 Å². The predicted molar refractivity (Wildman–Crippen MR) is 106 cm³/mol. The van der Waals surface area contributed by atoms with E-state index in [1.807, 2.05) is 31.2 Å². The van der Waals surface area contributed by atoms with Crippen LogP contribution in [0.15, 0.2) is 70.1 Å². The average molecular weight is 387 g/mol. The monoisotopic (exact) mass is 386 g/mol. The molecule has 0 spiro atoms. The van der Waals surface area contributed by atoms with Crippen LogP contribution in [0.5, 0.6) is 0 Å². The summed E-state index contributed by atoms with van der Waals surface area (Å²) in [5, 5.41) is 3.29. The van der Waals surface area contributed by atoms with Crippen molar-refractivity contribution in [1.82, 2.24) is 10.2 Å². The first-order valence-electron chi connectivity index (χ1n) is 9.53. The van der Waals surface area contributed by atoms with Crippen LogP contribution in [0.1, 0.15) is 19.8 Å². The molecule has 1 fully saturated rings. The van der Waals surface area contributed by atoms with Crippen molar-refractivity contribution in [3.63, 3.8) is 0 Å². The lowest BCUT2D eigenvalue weighted by atomic mass is 9.84. The lowest BCUT2D eigenvalue weighted by Gasteiger charge is -2.37. The highest BCUT2D eigenvalue weighted by Crippen LogP contribution is 2.41. The number of hydrogen-bond acceptors (Lipinski definition) is 5. The Kier molecular flexibility index (Phi) is 4.97. The van der Waals surface area contributed by atoms with Gasteiger partial charge in [-0.3, -0.25) is 0 Å². The maximum atomic E-state index is 13.1. The molecule has 2 aliphatic heterocycles. The summed E-state index contributed by atoms with van der Waals surface area (Å²) in [6.07, 6.45) is 9.73. The minimum atomic E-state index is -3.57. The number of hydrogen-bond donors (Lipinski definition) is 1. The molecule has 2 unspecified atom stereocenters. The van der Waals surface area contributed by atoms with E-state index < -0.39 is 15.4 Å². The largest absolute Gasteiger partial charge is 0.378 e. The molecule has 0 amide bonds. The molecule has 27 heavy (non-hydrogen) atoms. The molecule has 1 aromatic carbocycles.